The van der Waals surface area contributed by atoms with Crippen LogP contribution >= 0.6 is 15.9 Å². The molecule has 0 bridgehead atoms. The maximum absolute atomic E-state index is 13.2. The topological polar surface area (TPSA) is 37.4 Å². The highest BCUT2D eigenvalue weighted by atomic mass is 79.9. The van der Waals surface area contributed by atoms with Crippen molar-refractivity contribution in [3.05, 3.63) is 40.6 Å². The number of rotatable bonds is 3. The molecule has 0 saturated carbocycles. The van der Waals surface area contributed by atoms with Gasteiger partial charge in [-0.2, -0.15) is 0 Å². The number of halogens is 2. The number of hydrogen-bond donors (Lipinski definition) is 0. The van der Waals surface area contributed by atoms with E-state index in [1.807, 2.05) is 0 Å². The Labute approximate surface area is 106 Å². The van der Waals surface area contributed by atoms with E-state index in [1.54, 1.807) is 6.08 Å². The first-order valence-electron chi connectivity index (χ1n) is 5.02. The molecule has 0 aromatic heterocycles. The monoisotopic (exact) mass is 297 g/mol. The van der Waals surface area contributed by atoms with Gasteiger partial charge >= 0.3 is 0 Å². The van der Waals surface area contributed by atoms with Crippen LogP contribution in [0.25, 0.3) is 0 Å². The van der Waals surface area contributed by atoms with E-state index in [0.717, 1.165) is 6.07 Å². The number of ketones is 1. The number of nitrogens with zero attached hydrogens (tertiary/aromatic N) is 1. The number of benzene rings is 1. The summed E-state index contributed by atoms with van der Waals surface area (Å²) in [5, 5.41) is 0. The molecule has 88 valence electrons. The summed E-state index contributed by atoms with van der Waals surface area (Å²) in [7, 11) is 0. The summed E-state index contributed by atoms with van der Waals surface area (Å²) in [6, 6.07) is 2.33. The summed E-state index contributed by atoms with van der Waals surface area (Å²) in [5.41, 5.74) is 0.564. The van der Waals surface area contributed by atoms with Crippen molar-refractivity contribution in [1.82, 2.24) is 0 Å². The fourth-order valence-electron chi connectivity index (χ4n) is 1.79. The van der Waals surface area contributed by atoms with Crippen LogP contribution in [0.4, 0.5) is 10.1 Å². The molecule has 1 amide bonds. The van der Waals surface area contributed by atoms with E-state index < -0.39 is 17.5 Å². The molecule has 0 saturated heterocycles. The van der Waals surface area contributed by atoms with Crippen molar-refractivity contribution in [1.29, 1.82) is 0 Å². The number of anilines is 1. The van der Waals surface area contributed by atoms with E-state index in [-0.39, 0.29) is 5.56 Å². The van der Waals surface area contributed by atoms with Crippen LogP contribution in [0.5, 0.6) is 0 Å². The van der Waals surface area contributed by atoms with Crippen molar-refractivity contribution in [2.75, 3.05) is 11.4 Å². The fourth-order valence-corrected chi connectivity index (χ4v) is 2.43. The van der Waals surface area contributed by atoms with E-state index >= 15 is 0 Å². The molecule has 5 heteroatoms. The molecule has 2 rings (SSSR count). The quantitative estimate of drug-likeness (QED) is 0.635. The first-order valence-corrected chi connectivity index (χ1v) is 5.81. The van der Waals surface area contributed by atoms with Crippen LogP contribution in [0.1, 0.15) is 16.8 Å². The first-order chi connectivity index (χ1) is 8.06. The Morgan fingerprint density at radius 3 is 2.76 bits per heavy atom. The minimum atomic E-state index is -0.663. The predicted molar refractivity (Wildman–Crippen MR) is 65.6 cm³/mol. The Balaban J connectivity index is 2.52. The molecule has 1 aliphatic heterocycles. The van der Waals surface area contributed by atoms with Gasteiger partial charge in [-0.05, 0) is 34.5 Å². The van der Waals surface area contributed by atoms with Crippen LogP contribution in [0.15, 0.2) is 29.3 Å². The van der Waals surface area contributed by atoms with E-state index in [0.29, 0.717) is 23.1 Å². The summed E-state index contributed by atoms with van der Waals surface area (Å²) < 4.78 is 13.6. The zero-order valence-corrected chi connectivity index (χ0v) is 10.5. The molecule has 3 nitrogen and oxygen atoms in total. The lowest BCUT2D eigenvalue weighted by atomic mass is 10.1. The fraction of sp³-hybridized carbons (Fsp3) is 0.167. The van der Waals surface area contributed by atoms with Gasteiger partial charge in [0.15, 0.2) is 0 Å². The normalized spacial score (nSPS) is 14.1. The molecule has 1 aromatic rings. The van der Waals surface area contributed by atoms with Crippen molar-refractivity contribution in [2.45, 2.75) is 6.42 Å². The van der Waals surface area contributed by atoms with Gasteiger partial charge in [0.1, 0.15) is 5.82 Å². The van der Waals surface area contributed by atoms with Gasteiger partial charge in [-0.15, -0.1) is 6.58 Å². The largest absolute Gasteiger partial charge is 0.303 e. The second-order valence-corrected chi connectivity index (χ2v) is 4.50. The highest BCUT2D eigenvalue weighted by molar-refractivity contribution is 9.10. The summed E-state index contributed by atoms with van der Waals surface area (Å²) >= 11 is 3.17. The number of Topliss-reactive ketones (excluding diaryl/α,β-unsaturated/α-hetero) is 1. The van der Waals surface area contributed by atoms with Crippen molar-refractivity contribution < 1.29 is 14.0 Å². The zero-order valence-electron chi connectivity index (χ0n) is 8.87. The van der Waals surface area contributed by atoms with E-state index in [2.05, 4.69) is 22.5 Å². The van der Waals surface area contributed by atoms with E-state index in [4.69, 9.17) is 0 Å². The molecule has 0 spiro atoms. The van der Waals surface area contributed by atoms with Crippen LogP contribution in [-0.4, -0.2) is 18.2 Å². The molecule has 0 atom stereocenters. The standard InChI is InChI=1S/C12H9BrFNO2/c1-2-3-4-15-10-8(11(16)12(15)17)5-7(14)6-9(10)13/h2,5-6H,1,3-4H2. The SMILES string of the molecule is C=CCCN1C(=O)C(=O)c2cc(F)cc(Br)c21. The van der Waals surface area contributed by atoms with Crippen LogP contribution < -0.4 is 4.90 Å². The van der Waals surface area contributed by atoms with Crippen molar-refractivity contribution in [2.24, 2.45) is 0 Å². The Bertz CT molecular complexity index is 527. The van der Waals surface area contributed by atoms with Crippen LogP contribution in [-0.2, 0) is 4.79 Å². The van der Waals surface area contributed by atoms with Gasteiger partial charge in [0.25, 0.3) is 11.7 Å². The molecule has 17 heavy (non-hydrogen) atoms. The lowest BCUT2D eigenvalue weighted by Crippen LogP contribution is -2.30. The number of hydrogen-bond acceptors (Lipinski definition) is 2. The molecule has 1 aromatic carbocycles. The molecule has 0 unspecified atom stereocenters. The average molecular weight is 298 g/mol. The molecule has 0 aliphatic carbocycles. The Morgan fingerprint density at radius 1 is 1.41 bits per heavy atom. The molecular formula is C12H9BrFNO2. The first kappa shape index (κ1) is 12.0. The number of amides is 1. The molecule has 1 heterocycles. The Kier molecular flexibility index (Phi) is 3.11. The lowest BCUT2D eigenvalue weighted by Gasteiger charge is -2.16. The zero-order chi connectivity index (χ0) is 12.6. The summed E-state index contributed by atoms with van der Waals surface area (Å²) in [6.07, 6.45) is 2.23. The van der Waals surface area contributed by atoms with Crippen molar-refractivity contribution in [3.63, 3.8) is 0 Å². The average Bonchev–Trinajstić information content (AvgIpc) is 2.51. The van der Waals surface area contributed by atoms with Gasteiger partial charge < -0.3 is 4.90 Å². The van der Waals surface area contributed by atoms with Gasteiger partial charge in [-0.3, -0.25) is 9.59 Å². The maximum atomic E-state index is 13.2. The molecule has 1 aliphatic rings. The Hall–Kier alpha value is -1.49. The minimum absolute atomic E-state index is 0.117. The van der Waals surface area contributed by atoms with E-state index in [9.17, 15) is 14.0 Å². The summed E-state index contributed by atoms with van der Waals surface area (Å²) in [5.74, 6) is -1.82. The third kappa shape index (κ3) is 1.91. The number of carbonyl (C=O) groups excluding carboxylic acids is 2. The minimum Gasteiger partial charge on any atom is -0.303 e. The van der Waals surface area contributed by atoms with Gasteiger partial charge in [-0.25, -0.2) is 4.39 Å². The van der Waals surface area contributed by atoms with Crippen LogP contribution in [0, 0.1) is 5.82 Å². The summed E-state index contributed by atoms with van der Waals surface area (Å²) in [4.78, 5) is 24.8. The van der Waals surface area contributed by atoms with Gasteiger partial charge in [0.2, 0.25) is 0 Å². The second-order valence-electron chi connectivity index (χ2n) is 3.65. The van der Waals surface area contributed by atoms with Gasteiger partial charge in [0.05, 0.1) is 11.3 Å². The van der Waals surface area contributed by atoms with E-state index in [1.165, 1.54) is 11.0 Å². The Morgan fingerprint density at radius 2 is 2.12 bits per heavy atom. The molecule has 0 radical (unpaired) electrons. The predicted octanol–water partition coefficient (Wildman–Crippen LogP) is 2.69. The van der Waals surface area contributed by atoms with Crippen LogP contribution in [0.3, 0.4) is 0 Å². The molecular weight excluding hydrogens is 289 g/mol. The number of carbonyl (C=O) groups is 2. The maximum Gasteiger partial charge on any atom is 0.299 e. The summed E-state index contributed by atoms with van der Waals surface area (Å²) in [6.45, 7) is 3.93. The van der Waals surface area contributed by atoms with Crippen molar-refractivity contribution in [3.8, 4) is 0 Å². The van der Waals surface area contributed by atoms with Gasteiger partial charge in [0, 0.05) is 11.0 Å². The van der Waals surface area contributed by atoms with Crippen molar-refractivity contribution >= 4 is 33.3 Å². The van der Waals surface area contributed by atoms with Crippen LogP contribution in [0.2, 0.25) is 0 Å². The highest BCUT2D eigenvalue weighted by Gasteiger charge is 2.37. The third-order valence-electron chi connectivity index (χ3n) is 2.54. The molecule has 0 fully saturated rings. The van der Waals surface area contributed by atoms with Gasteiger partial charge in [-0.1, -0.05) is 6.08 Å². The second kappa shape index (κ2) is 4.41. The smallest absolute Gasteiger partial charge is 0.299 e. The lowest BCUT2D eigenvalue weighted by molar-refractivity contribution is -0.114. The highest BCUT2D eigenvalue weighted by Crippen LogP contribution is 2.36. The molecule has 0 N–H and O–H groups in total. The number of fused-ring (bicyclic) bond motifs is 1. The third-order valence-corrected chi connectivity index (χ3v) is 3.14.